The van der Waals surface area contributed by atoms with Gasteiger partial charge in [0.1, 0.15) is 16.5 Å². The third-order valence-electron chi connectivity index (χ3n) is 5.40. The second-order valence-electron chi connectivity index (χ2n) is 7.61. The van der Waals surface area contributed by atoms with Crippen LogP contribution in [0.15, 0.2) is 41.4 Å². The van der Waals surface area contributed by atoms with E-state index in [1.54, 1.807) is 35.5 Å². The molecule has 0 unspecified atom stereocenters. The van der Waals surface area contributed by atoms with Crippen molar-refractivity contribution in [3.05, 3.63) is 41.4 Å². The lowest BCUT2D eigenvalue weighted by Gasteiger charge is -2.31. The highest BCUT2D eigenvalue weighted by molar-refractivity contribution is 7.99. The molecule has 0 spiro atoms. The van der Waals surface area contributed by atoms with Gasteiger partial charge in [0.25, 0.3) is 0 Å². The van der Waals surface area contributed by atoms with E-state index in [9.17, 15) is 17.6 Å². The van der Waals surface area contributed by atoms with Gasteiger partial charge in [-0.2, -0.15) is 17.6 Å². The largest absolute Gasteiger partial charge is 0.507 e. The summed E-state index contributed by atoms with van der Waals surface area (Å²) in [6.45, 7) is 2.00. The predicted octanol–water partition coefficient (Wildman–Crippen LogP) is 6.36. The molecule has 2 aromatic carbocycles. The van der Waals surface area contributed by atoms with Crippen molar-refractivity contribution in [1.82, 2.24) is 19.1 Å². The van der Waals surface area contributed by atoms with Gasteiger partial charge in [0.05, 0.1) is 11.0 Å². The minimum absolute atomic E-state index is 0.270. The zero-order valence-electron chi connectivity index (χ0n) is 18.1. The molecule has 34 heavy (non-hydrogen) atoms. The molecular formula is C22H17ClF4N4O2S. The topological polar surface area (TPSA) is 54.1 Å². The van der Waals surface area contributed by atoms with E-state index in [4.69, 9.17) is 16.6 Å². The fraction of sp³-hybridized carbons (Fsp3) is 0.273. The Balaban J connectivity index is 1.67. The molecule has 0 atom stereocenters. The van der Waals surface area contributed by atoms with Gasteiger partial charge in [0.15, 0.2) is 17.3 Å². The number of nitrogens with zero attached hydrogens (tertiary/aromatic N) is 4. The van der Waals surface area contributed by atoms with E-state index < -0.39 is 23.7 Å². The first-order chi connectivity index (χ1) is 16.0. The van der Waals surface area contributed by atoms with Gasteiger partial charge >= 0.3 is 12.2 Å². The van der Waals surface area contributed by atoms with Crippen molar-refractivity contribution in [1.29, 1.82) is 0 Å². The molecule has 1 aliphatic rings. The van der Waals surface area contributed by atoms with E-state index in [1.807, 2.05) is 30.7 Å². The maximum Gasteiger partial charge on any atom is 0.507 e. The Kier molecular flexibility index (Phi) is 5.25. The van der Waals surface area contributed by atoms with Gasteiger partial charge < -0.3 is 18.6 Å². The Bertz CT molecular complexity index is 1420. The molecule has 0 saturated heterocycles. The summed E-state index contributed by atoms with van der Waals surface area (Å²) in [6.07, 6.45) is -9.60. The lowest BCUT2D eigenvalue weighted by atomic mass is 10.2. The number of benzene rings is 2. The van der Waals surface area contributed by atoms with Crippen molar-refractivity contribution in [3.63, 3.8) is 0 Å². The molecule has 0 amide bonds. The molecule has 0 bridgehead atoms. The number of hydrogen-bond acceptors (Lipinski definition) is 5. The van der Waals surface area contributed by atoms with Crippen LogP contribution in [0.3, 0.4) is 0 Å². The van der Waals surface area contributed by atoms with Crippen LogP contribution < -0.4 is 9.47 Å². The molecular weight excluding hydrogens is 496 g/mol. The standard InChI is InChI=1S/C22H17ClF4N4O2S/c1-4-34-20-17(29-18(31(20)3)11-5-7-12(23)8-6-11)19-28-13-9-15-16(10-14(13)30(19)2)33-22(26,27)21(24,25)32-15/h5-10H,4H2,1-3H3. The molecule has 0 fully saturated rings. The second-order valence-corrected chi connectivity index (χ2v) is 9.30. The summed E-state index contributed by atoms with van der Waals surface area (Å²) in [5.41, 5.74) is 2.07. The minimum atomic E-state index is -4.80. The number of alkyl halides is 4. The van der Waals surface area contributed by atoms with Gasteiger partial charge in [-0.25, -0.2) is 9.97 Å². The van der Waals surface area contributed by atoms with Crippen molar-refractivity contribution in [2.45, 2.75) is 24.2 Å². The SMILES string of the molecule is CCSc1c(-c2nc3cc4c(cc3n2C)OC(F)(F)C(F)(F)O4)nc(-c2ccc(Cl)cc2)n1C. The van der Waals surface area contributed by atoms with E-state index in [1.165, 1.54) is 6.07 Å². The molecule has 5 rings (SSSR count). The van der Waals surface area contributed by atoms with Crippen LogP contribution in [0.25, 0.3) is 33.9 Å². The Morgan fingerprint density at radius 1 is 0.912 bits per heavy atom. The maximum atomic E-state index is 13.7. The number of rotatable bonds is 4. The number of aromatic nitrogens is 4. The van der Waals surface area contributed by atoms with Crippen LogP contribution in [0.4, 0.5) is 17.6 Å². The van der Waals surface area contributed by atoms with Gasteiger partial charge in [0.2, 0.25) is 0 Å². The highest BCUT2D eigenvalue weighted by atomic mass is 35.5. The van der Waals surface area contributed by atoms with Crippen LogP contribution in [-0.2, 0) is 14.1 Å². The summed E-state index contributed by atoms with van der Waals surface area (Å²) in [5, 5.41) is 1.43. The summed E-state index contributed by atoms with van der Waals surface area (Å²) in [6, 6.07) is 9.61. The van der Waals surface area contributed by atoms with E-state index in [0.29, 0.717) is 27.9 Å². The van der Waals surface area contributed by atoms with Crippen molar-refractivity contribution in [2.75, 3.05) is 5.75 Å². The van der Waals surface area contributed by atoms with E-state index in [-0.39, 0.29) is 5.52 Å². The first kappa shape index (κ1) is 22.9. The van der Waals surface area contributed by atoms with Crippen LogP contribution in [0, 0.1) is 0 Å². The Morgan fingerprint density at radius 3 is 2.15 bits per heavy atom. The fourth-order valence-electron chi connectivity index (χ4n) is 3.75. The number of hydrogen-bond donors (Lipinski definition) is 0. The maximum absolute atomic E-state index is 13.7. The van der Waals surface area contributed by atoms with Crippen molar-refractivity contribution in [2.24, 2.45) is 14.1 Å². The summed E-state index contributed by atoms with van der Waals surface area (Å²) < 4.78 is 66.7. The lowest BCUT2D eigenvalue weighted by Crippen LogP contribution is -2.52. The number of halogens is 5. The Morgan fingerprint density at radius 2 is 1.53 bits per heavy atom. The Labute approximate surface area is 200 Å². The number of ether oxygens (including phenoxy) is 2. The second kappa shape index (κ2) is 7.81. The third-order valence-corrected chi connectivity index (χ3v) is 6.68. The van der Waals surface area contributed by atoms with Crippen LogP contribution in [-0.4, -0.2) is 37.1 Å². The summed E-state index contributed by atoms with van der Waals surface area (Å²) in [4.78, 5) is 9.38. The quantitative estimate of drug-likeness (QED) is 0.235. The summed E-state index contributed by atoms with van der Waals surface area (Å²) in [7, 11) is 3.57. The first-order valence-corrected chi connectivity index (χ1v) is 11.5. The van der Waals surface area contributed by atoms with Crippen molar-refractivity contribution in [3.8, 4) is 34.4 Å². The highest BCUT2D eigenvalue weighted by Crippen LogP contribution is 2.48. The van der Waals surface area contributed by atoms with Crippen LogP contribution in [0.1, 0.15) is 6.92 Å². The molecule has 12 heteroatoms. The Hall–Kier alpha value is -2.92. The molecule has 6 nitrogen and oxygen atoms in total. The molecule has 0 aliphatic carbocycles. The summed E-state index contributed by atoms with van der Waals surface area (Å²) in [5.74, 6) is 0.863. The zero-order chi connectivity index (χ0) is 24.4. The monoisotopic (exact) mass is 512 g/mol. The van der Waals surface area contributed by atoms with Gasteiger partial charge in [-0.15, -0.1) is 11.8 Å². The van der Waals surface area contributed by atoms with Crippen molar-refractivity contribution >= 4 is 34.4 Å². The molecule has 178 valence electrons. The first-order valence-electron chi connectivity index (χ1n) is 10.1. The summed E-state index contributed by atoms with van der Waals surface area (Å²) >= 11 is 7.58. The third kappa shape index (κ3) is 3.49. The average molecular weight is 513 g/mol. The number of imidazole rings is 2. The molecule has 0 radical (unpaired) electrons. The van der Waals surface area contributed by atoms with Crippen LogP contribution >= 0.6 is 23.4 Å². The molecule has 4 aromatic rings. The van der Waals surface area contributed by atoms with Crippen LogP contribution in [0.5, 0.6) is 11.5 Å². The minimum Gasteiger partial charge on any atom is -0.421 e. The smallest absolute Gasteiger partial charge is 0.421 e. The fourth-order valence-corrected chi connectivity index (χ4v) is 4.71. The van der Waals surface area contributed by atoms with Crippen LogP contribution in [0.2, 0.25) is 5.02 Å². The number of thioether (sulfide) groups is 1. The lowest BCUT2D eigenvalue weighted by molar-refractivity contribution is -0.391. The van der Waals surface area contributed by atoms with E-state index >= 15 is 0 Å². The van der Waals surface area contributed by atoms with Gasteiger partial charge in [-0.3, -0.25) is 0 Å². The molecule has 0 saturated carbocycles. The zero-order valence-corrected chi connectivity index (χ0v) is 19.6. The van der Waals surface area contributed by atoms with Crippen molar-refractivity contribution < 1.29 is 27.0 Å². The number of fused-ring (bicyclic) bond motifs is 2. The number of aryl methyl sites for hydroxylation is 1. The molecule has 3 heterocycles. The van der Waals surface area contributed by atoms with E-state index in [2.05, 4.69) is 14.5 Å². The molecule has 1 aliphatic heterocycles. The molecule has 2 aromatic heterocycles. The molecule has 0 N–H and O–H groups in total. The van der Waals surface area contributed by atoms with Gasteiger partial charge in [0, 0.05) is 36.8 Å². The highest BCUT2D eigenvalue weighted by Gasteiger charge is 2.66. The van der Waals surface area contributed by atoms with Gasteiger partial charge in [-0.05, 0) is 30.0 Å². The predicted molar refractivity (Wildman–Crippen MR) is 121 cm³/mol. The normalized spacial score (nSPS) is 16.2. The average Bonchev–Trinajstić information content (AvgIpc) is 3.25. The van der Waals surface area contributed by atoms with E-state index in [0.717, 1.165) is 22.4 Å². The van der Waals surface area contributed by atoms with Gasteiger partial charge in [-0.1, -0.05) is 18.5 Å².